The Balaban J connectivity index is 1.58. The zero-order chi connectivity index (χ0) is 19.8. The molecule has 29 heavy (non-hydrogen) atoms. The van der Waals surface area contributed by atoms with Crippen molar-refractivity contribution >= 4 is 39.0 Å². The third kappa shape index (κ3) is 3.11. The molecule has 0 saturated carbocycles. The number of H-pyrrole nitrogens is 1. The van der Waals surface area contributed by atoms with E-state index in [1.54, 1.807) is 35.7 Å². The maximum Gasteiger partial charge on any atom is 0.280 e. The molecule has 2 aromatic carbocycles. The minimum atomic E-state index is -0.173. The van der Waals surface area contributed by atoms with Crippen molar-refractivity contribution in [2.75, 3.05) is 0 Å². The van der Waals surface area contributed by atoms with Gasteiger partial charge in [0.25, 0.3) is 11.5 Å². The Morgan fingerprint density at radius 1 is 1.07 bits per heavy atom. The van der Waals surface area contributed by atoms with Gasteiger partial charge < -0.3 is 5.32 Å². The minimum Gasteiger partial charge on any atom is -0.347 e. The molecular weight excluding hydrogens is 384 g/mol. The van der Waals surface area contributed by atoms with E-state index in [1.165, 1.54) is 4.68 Å². The fourth-order valence-corrected chi connectivity index (χ4v) is 3.99. The highest BCUT2D eigenvalue weighted by Gasteiger charge is 2.14. The molecule has 0 unspecified atom stereocenters. The molecule has 0 spiro atoms. The van der Waals surface area contributed by atoms with Gasteiger partial charge in [0.15, 0.2) is 0 Å². The van der Waals surface area contributed by atoms with E-state index in [1.807, 2.05) is 47.8 Å². The van der Waals surface area contributed by atoms with Crippen molar-refractivity contribution in [3.63, 3.8) is 0 Å². The first-order valence-electron chi connectivity index (χ1n) is 9.10. The van der Waals surface area contributed by atoms with Crippen LogP contribution in [-0.2, 0) is 6.54 Å². The van der Waals surface area contributed by atoms with Gasteiger partial charge in [-0.15, -0.1) is 11.3 Å². The van der Waals surface area contributed by atoms with Crippen molar-refractivity contribution in [2.24, 2.45) is 0 Å². The first-order chi connectivity index (χ1) is 14.2. The molecule has 2 N–H and O–H groups in total. The molecular formula is C22H16N4O2S. The number of thiophene rings is 1. The van der Waals surface area contributed by atoms with Gasteiger partial charge in [-0.05, 0) is 41.8 Å². The molecule has 0 saturated heterocycles. The number of nitrogens with one attached hydrogen (secondary N) is 2. The van der Waals surface area contributed by atoms with Gasteiger partial charge >= 0.3 is 0 Å². The number of benzene rings is 2. The van der Waals surface area contributed by atoms with Crippen LogP contribution < -0.4 is 10.9 Å². The van der Waals surface area contributed by atoms with Crippen LogP contribution in [0.15, 0.2) is 77.0 Å². The third-order valence-corrected chi connectivity index (χ3v) is 5.68. The van der Waals surface area contributed by atoms with Crippen LogP contribution in [0.25, 0.3) is 27.5 Å². The number of amides is 1. The summed E-state index contributed by atoms with van der Waals surface area (Å²) in [7, 11) is 0. The molecule has 0 aliphatic rings. The monoisotopic (exact) mass is 400 g/mol. The zero-order valence-corrected chi connectivity index (χ0v) is 16.1. The molecule has 142 valence electrons. The van der Waals surface area contributed by atoms with Gasteiger partial charge in [0.2, 0.25) is 0 Å². The van der Waals surface area contributed by atoms with E-state index < -0.39 is 0 Å². The Labute approximate surface area is 169 Å². The summed E-state index contributed by atoms with van der Waals surface area (Å²) in [6.07, 6.45) is 1.58. The highest BCUT2D eigenvalue weighted by molar-refractivity contribution is 7.09. The molecule has 5 aromatic rings. The quantitative estimate of drug-likeness (QED) is 0.481. The number of hydrogen-bond acceptors (Lipinski definition) is 4. The summed E-state index contributed by atoms with van der Waals surface area (Å²) in [6.45, 7) is 0.484. The molecule has 1 amide bonds. The third-order valence-electron chi connectivity index (χ3n) is 4.80. The van der Waals surface area contributed by atoms with Crippen LogP contribution in [0.4, 0.5) is 0 Å². The van der Waals surface area contributed by atoms with Crippen LogP contribution in [0, 0.1) is 0 Å². The lowest BCUT2D eigenvalue weighted by atomic mass is 10.1. The van der Waals surface area contributed by atoms with E-state index in [4.69, 9.17) is 0 Å². The molecule has 3 heterocycles. The zero-order valence-electron chi connectivity index (χ0n) is 15.3. The molecule has 0 fully saturated rings. The van der Waals surface area contributed by atoms with E-state index in [0.29, 0.717) is 28.5 Å². The number of para-hydroxylation sites is 1. The van der Waals surface area contributed by atoms with E-state index in [2.05, 4.69) is 15.4 Å². The number of carbonyl (C=O) groups excluding carboxylic acids is 1. The Morgan fingerprint density at radius 3 is 2.72 bits per heavy atom. The van der Waals surface area contributed by atoms with Gasteiger partial charge in [0.05, 0.1) is 28.7 Å². The molecule has 6 nitrogen and oxygen atoms in total. The highest BCUT2D eigenvalue weighted by atomic mass is 32.1. The Hall–Kier alpha value is -3.71. The second-order valence-corrected chi connectivity index (χ2v) is 7.66. The summed E-state index contributed by atoms with van der Waals surface area (Å²) in [5.41, 5.74) is 2.47. The summed E-state index contributed by atoms with van der Waals surface area (Å²) >= 11 is 1.60. The summed E-state index contributed by atoms with van der Waals surface area (Å²) < 4.78 is 1.50. The lowest BCUT2D eigenvalue weighted by molar-refractivity contribution is 0.0951. The largest absolute Gasteiger partial charge is 0.347 e. The second-order valence-electron chi connectivity index (χ2n) is 6.63. The fraction of sp³-hybridized carbons (Fsp3) is 0.0455. The number of aromatic amines is 1. The Morgan fingerprint density at radius 2 is 1.93 bits per heavy atom. The number of rotatable bonds is 4. The predicted octanol–water partition coefficient (Wildman–Crippen LogP) is 3.86. The minimum absolute atomic E-state index is 0.165. The molecule has 0 bridgehead atoms. The first kappa shape index (κ1) is 17.4. The maximum atomic E-state index is 12.8. The maximum absolute atomic E-state index is 12.8. The van der Waals surface area contributed by atoms with Gasteiger partial charge in [0, 0.05) is 22.0 Å². The van der Waals surface area contributed by atoms with Crippen LogP contribution in [-0.4, -0.2) is 20.7 Å². The van der Waals surface area contributed by atoms with Crippen LogP contribution in [0.1, 0.15) is 15.2 Å². The Kier molecular flexibility index (Phi) is 4.22. The average molecular weight is 400 g/mol. The number of nitrogens with zero attached hydrogens (tertiary/aromatic N) is 2. The van der Waals surface area contributed by atoms with Gasteiger partial charge in [-0.2, -0.15) is 0 Å². The molecule has 0 aliphatic heterocycles. The Bertz CT molecular complexity index is 1390. The first-order valence-corrected chi connectivity index (χ1v) is 9.98. The number of pyridine rings is 1. The van der Waals surface area contributed by atoms with Crippen LogP contribution in [0.3, 0.4) is 0 Å². The summed E-state index contributed by atoms with van der Waals surface area (Å²) in [5.74, 6) is -0.165. The van der Waals surface area contributed by atoms with Gasteiger partial charge in [-0.25, -0.2) is 4.68 Å². The summed E-state index contributed by atoms with van der Waals surface area (Å²) in [5, 5.41) is 9.31. The van der Waals surface area contributed by atoms with Crippen molar-refractivity contribution in [2.45, 2.75) is 6.54 Å². The van der Waals surface area contributed by atoms with Crippen molar-refractivity contribution in [1.82, 2.24) is 20.1 Å². The normalized spacial score (nSPS) is 11.2. The van der Waals surface area contributed by atoms with E-state index in [9.17, 15) is 9.59 Å². The lowest BCUT2D eigenvalue weighted by Gasteiger charge is -2.05. The average Bonchev–Trinajstić information content (AvgIpc) is 3.40. The molecule has 0 atom stereocenters. The molecule has 7 heteroatoms. The van der Waals surface area contributed by atoms with E-state index in [0.717, 1.165) is 16.0 Å². The van der Waals surface area contributed by atoms with Gasteiger partial charge in [0.1, 0.15) is 0 Å². The SMILES string of the molecule is O=C(NCc1cccs1)c1ccc2ncc3c(=O)n(-c4ccccc4)[nH]c3c2c1. The van der Waals surface area contributed by atoms with Crippen molar-refractivity contribution in [3.05, 3.63) is 93.0 Å². The smallest absolute Gasteiger partial charge is 0.280 e. The molecule has 3 aromatic heterocycles. The molecule has 0 radical (unpaired) electrons. The van der Waals surface area contributed by atoms with Crippen LogP contribution >= 0.6 is 11.3 Å². The number of carbonyl (C=O) groups is 1. The predicted molar refractivity (Wildman–Crippen MR) is 115 cm³/mol. The van der Waals surface area contributed by atoms with Crippen molar-refractivity contribution in [3.8, 4) is 5.69 Å². The topological polar surface area (TPSA) is 79.8 Å². The lowest BCUT2D eigenvalue weighted by Crippen LogP contribution is -2.22. The standard InChI is InChI=1S/C22H16N4O2S/c27-21(24-12-16-7-4-10-29-16)14-8-9-19-17(11-14)20-18(13-23-19)22(28)26(25-20)15-5-2-1-3-6-15/h1-11,13,25H,12H2,(H,24,27). The number of fused-ring (bicyclic) bond motifs is 3. The summed E-state index contributed by atoms with van der Waals surface area (Å²) in [6, 6.07) is 18.6. The molecule has 0 aliphatic carbocycles. The van der Waals surface area contributed by atoms with Gasteiger partial charge in [-0.1, -0.05) is 24.3 Å². The highest BCUT2D eigenvalue weighted by Crippen LogP contribution is 2.22. The van der Waals surface area contributed by atoms with Gasteiger partial charge in [-0.3, -0.25) is 19.7 Å². The fourth-order valence-electron chi connectivity index (χ4n) is 3.34. The van der Waals surface area contributed by atoms with Crippen LogP contribution in [0.2, 0.25) is 0 Å². The number of hydrogen-bond donors (Lipinski definition) is 2. The van der Waals surface area contributed by atoms with Crippen molar-refractivity contribution < 1.29 is 4.79 Å². The van der Waals surface area contributed by atoms with Crippen LogP contribution in [0.5, 0.6) is 0 Å². The van der Waals surface area contributed by atoms with E-state index >= 15 is 0 Å². The second kappa shape index (κ2) is 7.03. The van der Waals surface area contributed by atoms with E-state index in [-0.39, 0.29) is 11.5 Å². The number of aromatic nitrogens is 3. The summed E-state index contributed by atoms with van der Waals surface area (Å²) in [4.78, 5) is 30.9. The molecule has 5 rings (SSSR count). The van der Waals surface area contributed by atoms with Crippen molar-refractivity contribution in [1.29, 1.82) is 0 Å².